The second-order valence-corrected chi connectivity index (χ2v) is 3.81. The van der Waals surface area contributed by atoms with Crippen LogP contribution in [-0.2, 0) is 6.54 Å². The topological polar surface area (TPSA) is 81.7 Å². The van der Waals surface area contributed by atoms with Gasteiger partial charge in [-0.3, -0.25) is 0 Å². The van der Waals surface area contributed by atoms with Gasteiger partial charge in [0.25, 0.3) is 0 Å². The standard InChI is InChI=1S/C10H12N6S/c1-2-16-14-9(13-15-16)7-4-3-5-8(6-7)12-10(11)17/h3-6H,2H2,1H3,(H3,11,12,17). The quantitative estimate of drug-likeness (QED) is 0.789. The molecule has 0 saturated carbocycles. The zero-order valence-electron chi connectivity index (χ0n) is 9.29. The summed E-state index contributed by atoms with van der Waals surface area (Å²) in [4.78, 5) is 1.53. The Balaban J connectivity index is 2.29. The minimum atomic E-state index is 0.229. The Morgan fingerprint density at radius 1 is 1.53 bits per heavy atom. The highest BCUT2D eigenvalue weighted by atomic mass is 32.1. The van der Waals surface area contributed by atoms with Crippen molar-refractivity contribution in [1.82, 2.24) is 20.2 Å². The first-order valence-electron chi connectivity index (χ1n) is 5.13. The number of nitrogens with two attached hydrogens (primary N) is 1. The molecule has 1 aromatic heterocycles. The van der Waals surface area contributed by atoms with Gasteiger partial charge in [0.05, 0.1) is 6.54 Å². The summed E-state index contributed by atoms with van der Waals surface area (Å²) >= 11 is 4.78. The van der Waals surface area contributed by atoms with E-state index < -0.39 is 0 Å². The van der Waals surface area contributed by atoms with Gasteiger partial charge in [-0.15, -0.1) is 10.2 Å². The maximum atomic E-state index is 5.41. The molecule has 0 aliphatic carbocycles. The number of hydrogen-bond donors (Lipinski definition) is 2. The lowest BCUT2D eigenvalue weighted by atomic mass is 10.2. The molecule has 0 radical (unpaired) electrons. The van der Waals surface area contributed by atoms with E-state index >= 15 is 0 Å². The van der Waals surface area contributed by atoms with Crippen molar-refractivity contribution in [2.24, 2.45) is 5.73 Å². The molecule has 6 nitrogen and oxygen atoms in total. The van der Waals surface area contributed by atoms with Crippen LogP contribution in [0.5, 0.6) is 0 Å². The van der Waals surface area contributed by atoms with Crippen molar-refractivity contribution in [2.45, 2.75) is 13.5 Å². The molecule has 0 unspecified atom stereocenters. The van der Waals surface area contributed by atoms with E-state index in [2.05, 4.69) is 20.7 Å². The fraction of sp³-hybridized carbons (Fsp3) is 0.200. The monoisotopic (exact) mass is 248 g/mol. The van der Waals surface area contributed by atoms with Gasteiger partial charge in [0.15, 0.2) is 5.11 Å². The predicted molar refractivity (Wildman–Crippen MR) is 69.3 cm³/mol. The van der Waals surface area contributed by atoms with Crippen molar-refractivity contribution in [2.75, 3.05) is 5.32 Å². The first kappa shape index (κ1) is 11.5. The van der Waals surface area contributed by atoms with E-state index in [1.807, 2.05) is 31.2 Å². The molecule has 7 heteroatoms. The maximum absolute atomic E-state index is 5.41. The summed E-state index contributed by atoms with van der Waals surface area (Å²) in [6.07, 6.45) is 0. The summed E-state index contributed by atoms with van der Waals surface area (Å²) in [5.41, 5.74) is 7.09. The average molecular weight is 248 g/mol. The highest BCUT2D eigenvalue weighted by Gasteiger charge is 2.05. The predicted octanol–water partition coefficient (Wildman–Crippen LogP) is 1.02. The molecule has 2 rings (SSSR count). The SMILES string of the molecule is CCn1nnc(-c2cccc(NC(N)=S)c2)n1. The molecule has 17 heavy (non-hydrogen) atoms. The van der Waals surface area contributed by atoms with Crippen LogP contribution in [0.3, 0.4) is 0 Å². The largest absolute Gasteiger partial charge is 0.376 e. The minimum absolute atomic E-state index is 0.229. The number of aryl methyl sites for hydroxylation is 1. The second kappa shape index (κ2) is 4.88. The van der Waals surface area contributed by atoms with Crippen LogP contribution < -0.4 is 11.1 Å². The second-order valence-electron chi connectivity index (χ2n) is 3.37. The third-order valence-corrected chi connectivity index (χ3v) is 2.23. The number of rotatable bonds is 3. The highest BCUT2D eigenvalue weighted by Crippen LogP contribution is 2.18. The number of anilines is 1. The number of aromatic nitrogens is 4. The maximum Gasteiger partial charge on any atom is 0.204 e. The van der Waals surface area contributed by atoms with Gasteiger partial charge in [-0.25, -0.2) is 0 Å². The van der Waals surface area contributed by atoms with E-state index in [0.29, 0.717) is 12.4 Å². The minimum Gasteiger partial charge on any atom is -0.376 e. The van der Waals surface area contributed by atoms with Crippen molar-refractivity contribution < 1.29 is 0 Å². The normalized spacial score (nSPS) is 10.2. The summed E-state index contributed by atoms with van der Waals surface area (Å²) in [5, 5.41) is 15.2. The Kier molecular flexibility index (Phi) is 3.29. The lowest BCUT2D eigenvalue weighted by molar-refractivity contribution is 0.553. The zero-order valence-corrected chi connectivity index (χ0v) is 10.1. The molecular weight excluding hydrogens is 236 g/mol. The Labute approximate surface area is 104 Å². The zero-order chi connectivity index (χ0) is 12.3. The van der Waals surface area contributed by atoms with Gasteiger partial charge in [0.1, 0.15) is 0 Å². The van der Waals surface area contributed by atoms with Crippen LogP contribution in [0.2, 0.25) is 0 Å². The number of hydrogen-bond acceptors (Lipinski definition) is 4. The molecule has 0 spiro atoms. The van der Waals surface area contributed by atoms with Crippen LogP contribution in [0.25, 0.3) is 11.4 Å². The highest BCUT2D eigenvalue weighted by molar-refractivity contribution is 7.80. The van der Waals surface area contributed by atoms with Gasteiger partial charge in [-0.05, 0) is 36.5 Å². The Morgan fingerprint density at radius 3 is 3.00 bits per heavy atom. The van der Waals surface area contributed by atoms with Gasteiger partial charge in [-0.2, -0.15) is 4.80 Å². The molecule has 0 aliphatic heterocycles. The molecule has 0 amide bonds. The molecule has 0 atom stereocenters. The third-order valence-electron chi connectivity index (χ3n) is 2.12. The number of thiocarbonyl (C=S) groups is 1. The van der Waals surface area contributed by atoms with Gasteiger partial charge in [0, 0.05) is 11.3 Å². The van der Waals surface area contributed by atoms with Gasteiger partial charge in [0.2, 0.25) is 5.82 Å². The molecule has 1 heterocycles. The van der Waals surface area contributed by atoms with E-state index in [1.165, 1.54) is 4.80 Å². The summed E-state index contributed by atoms with van der Waals surface area (Å²) in [7, 11) is 0. The Morgan fingerprint density at radius 2 is 2.35 bits per heavy atom. The third kappa shape index (κ3) is 2.76. The molecule has 3 N–H and O–H groups in total. The lowest BCUT2D eigenvalue weighted by Crippen LogP contribution is -2.18. The smallest absolute Gasteiger partial charge is 0.204 e. The number of benzene rings is 1. The lowest BCUT2D eigenvalue weighted by Gasteiger charge is -2.04. The van der Waals surface area contributed by atoms with Gasteiger partial charge in [-0.1, -0.05) is 12.1 Å². The first-order chi connectivity index (χ1) is 8.19. The molecule has 1 aromatic carbocycles. The molecule has 0 aliphatic rings. The van der Waals surface area contributed by atoms with Crippen LogP contribution in [0.15, 0.2) is 24.3 Å². The fourth-order valence-electron chi connectivity index (χ4n) is 1.37. The summed E-state index contributed by atoms with van der Waals surface area (Å²) in [6, 6.07) is 7.52. The molecular formula is C10H12N6S. The van der Waals surface area contributed by atoms with E-state index in [9.17, 15) is 0 Å². The summed E-state index contributed by atoms with van der Waals surface area (Å²) in [6.45, 7) is 2.65. The fourth-order valence-corrected chi connectivity index (χ4v) is 1.49. The van der Waals surface area contributed by atoms with Crippen LogP contribution in [0.4, 0.5) is 5.69 Å². The molecule has 0 bridgehead atoms. The van der Waals surface area contributed by atoms with Gasteiger partial charge < -0.3 is 11.1 Å². The van der Waals surface area contributed by atoms with Crippen LogP contribution in [0, 0.1) is 0 Å². The van der Waals surface area contributed by atoms with Crippen molar-refractivity contribution in [3.8, 4) is 11.4 Å². The molecule has 88 valence electrons. The van der Waals surface area contributed by atoms with E-state index in [1.54, 1.807) is 0 Å². The van der Waals surface area contributed by atoms with Gasteiger partial charge >= 0.3 is 0 Å². The van der Waals surface area contributed by atoms with Crippen LogP contribution >= 0.6 is 12.2 Å². The van der Waals surface area contributed by atoms with Crippen LogP contribution in [-0.4, -0.2) is 25.3 Å². The Hall–Kier alpha value is -2.02. The molecule has 0 saturated heterocycles. The van der Waals surface area contributed by atoms with E-state index in [-0.39, 0.29) is 5.11 Å². The van der Waals surface area contributed by atoms with E-state index in [0.717, 1.165) is 11.3 Å². The van der Waals surface area contributed by atoms with Crippen molar-refractivity contribution in [3.63, 3.8) is 0 Å². The summed E-state index contributed by atoms with van der Waals surface area (Å²) < 4.78 is 0. The Bertz CT molecular complexity index is 535. The van der Waals surface area contributed by atoms with E-state index in [4.69, 9.17) is 18.0 Å². The van der Waals surface area contributed by atoms with Crippen molar-refractivity contribution in [1.29, 1.82) is 0 Å². The average Bonchev–Trinajstić information content (AvgIpc) is 2.77. The number of nitrogens with zero attached hydrogens (tertiary/aromatic N) is 4. The number of nitrogens with one attached hydrogen (secondary N) is 1. The summed E-state index contributed by atoms with van der Waals surface area (Å²) in [5.74, 6) is 0.582. The molecule has 0 fully saturated rings. The van der Waals surface area contributed by atoms with Crippen molar-refractivity contribution >= 4 is 23.0 Å². The number of tetrazole rings is 1. The van der Waals surface area contributed by atoms with Crippen LogP contribution in [0.1, 0.15) is 6.92 Å². The first-order valence-corrected chi connectivity index (χ1v) is 5.54. The molecule has 2 aromatic rings. The van der Waals surface area contributed by atoms with Crippen molar-refractivity contribution in [3.05, 3.63) is 24.3 Å².